The predicted octanol–water partition coefficient (Wildman–Crippen LogP) is 1.99. The maximum absolute atomic E-state index is 11.6. The molecule has 0 aliphatic heterocycles. The molecule has 17 heavy (non-hydrogen) atoms. The molecule has 0 unspecified atom stereocenters. The van der Waals surface area contributed by atoms with Crippen LogP contribution in [0.2, 0.25) is 0 Å². The Morgan fingerprint density at radius 1 is 1.53 bits per heavy atom. The van der Waals surface area contributed by atoms with Crippen LogP contribution in [0.1, 0.15) is 41.7 Å². The molecular formula is C11H20ClN3OS. The Morgan fingerprint density at radius 2 is 2.29 bits per heavy atom. The van der Waals surface area contributed by atoms with Gasteiger partial charge in [0.05, 0.1) is 5.01 Å². The van der Waals surface area contributed by atoms with Gasteiger partial charge in [-0.25, -0.2) is 4.98 Å². The van der Waals surface area contributed by atoms with E-state index in [-0.39, 0.29) is 18.3 Å². The highest BCUT2D eigenvalue weighted by Gasteiger charge is 2.09. The number of hydrogen-bond donors (Lipinski definition) is 2. The summed E-state index contributed by atoms with van der Waals surface area (Å²) < 4.78 is 0. The van der Waals surface area contributed by atoms with E-state index >= 15 is 0 Å². The van der Waals surface area contributed by atoms with Gasteiger partial charge in [0.2, 0.25) is 0 Å². The molecule has 4 nitrogen and oxygen atoms in total. The van der Waals surface area contributed by atoms with E-state index in [1.807, 2.05) is 0 Å². The highest BCUT2D eigenvalue weighted by Crippen LogP contribution is 2.09. The normalized spacial score (nSPS) is 9.76. The van der Waals surface area contributed by atoms with E-state index in [2.05, 4.69) is 17.2 Å². The van der Waals surface area contributed by atoms with E-state index in [4.69, 9.17) is 5.73 Å². The number of aromatic nitrogens is 1. The Hall–Kier alpha value is -0.650. The molecule has 6 heteroatoms. The Labute approximate surface area is 112 Å². The molecule has 1 heterocycles. The molecule has 0 saturated heterocycles. The van der Waals surface area contributed by atoms with Crippen molar-refractivity contribution < 1.29 is 4.79 Å². The lowest BCUT2D eigenvalue weighted by molar-refractivity contribution is 0.0948. The van der Waals surface area contributed by atoms with Crippen LogP contribution in [0.15, 0.2) is 5.38 Å². The van der Waals surface area contributed by atoms with Crippen LogP contribution in [-0.2, 0) is 6.42 Å². The summed E-state index contributed by atoms with van der Waals surface area (Å²) in [6, 6.07) is 0. The molecule has 1 amide bonds. The first-order valence-corrected chi connectivity index (χ1v) is 6.58. The van der Waals surface area contributed by atoms with Gasteiger partial charge in [0.25, 0.3) is 5.91 Å². The quantitative estimate of drug-likeness (QED) is 0.749. The van der Waals surface area contributed by atoms with Crippen LogP contribution in [0.5, 0.6) is 0 Å². The molecule has 0 saturated carbocycles. The Kier molecular flexibility index (Phi) is 9.03. The summed E-state index contributed by atoms with van der Waals surface area (Å²) >= 11 is 1.49. The van der Waals surface area contributed by atoms with Crippen molar-refractivity contribution >= 4 is 29.7 Å². The fourth-order valence-electron chi connectivity index (χ4n) is 1.32. The zero-order chi connectivity index (χ0) is 11.8. The van der Waals surface area contributed by atoms with Crippen molar-refractivity contribution in [3.8, 4) is 0 Å². The number of carbonyl (C=O) groups excluding carboxylic acids is 1. The molecule has 0 bridgehead atoms. The van der Waals surface area contributed by atoms with Gasteiger partial charge in [0.1, 0.15) is 5.69 Å². The van der Waals surface area contributed by atoms with Crippen molar-refractivity contribution in [2.75, 3.05) is 13.1 Å². The van der Waals surface area contributed by atoms with Gasteiger partial charge < -0.3 is 11.1 Å². The monoisotopic (exact) mass is 277 g/mol. The summed E-state index contributed by atoms with van der Waals surface area (Å²) in [7, 11) is 0. The number of halogens is 1. The molecule has 1 rings (SSSR count). The molecule has 0 aliphatic carbocycles. The van der Waals surface area contributed by atoms with Crippen LogP contribution in [0.25, 0.3) is 0 Å². The maximum Gasteiger partial charge on any atom is 0.270 e. The van der Waals surface area contributed by atoms with Crippen LogP contribution in [0, 0.1) is 0 Å². The van der Waals surface area contributed by atoms with Crippen LogP contribution in [0.4, 0.5) is 0 Å². The largest absolute Gasteiger partial charge is 0.351 e. The number of nitrogens with two attached hydrogens (primary N) is 1. The molecule has 0 radical (unpaired) electrons. The standard InChI is InChI=1S/C11H19N3OS.ClH/c1-2-3-4-7-13-11(15)9-8-16-10(14-9)5-6-12;/h8H,2-7,12H2,1H3,(H,13,15);1H. The topological polar surface area (TPSA) is 68.0 Å². The molecule has 3 N–H and O–H groups in total. The Morgan fingerprint density at radius 3 is 2.94 bits per heavy atom. The number of hydrogen-bond acceptors (Lipinski definition) is 4. The minimum Gasteiger partial charge on any atom is -0.351 e. The van der Waals surface area contributed by atoms with Crippen LogP contribution in [0.3, 0.4) is 0 Å². The highest BCUT2D eigenvalue weighted by molar-refractivity contribution is 7.09. The second-order valence-corrected chi connectivity index (χ2v) is 4.57. The third-order valence-corrected chi connectivity index (χ3v) is 3.12. The van der Waals surface area contributed by atoms with Crippen molar-refractivity contribution in [2.45, 2.75) is 32.6 Å². The van der Waals surface area contributed by atoms with Gasteiger partial charge in [-0.15, -0.1) is 23.7 Å². The molecule has 0 aromatic carbocycles. The second-order valence-electron chi connectivity index (χ2n) is 3.63. The summed E-state index contributed by atoms with van der Waals surface area (Å²) in [6.45, 7) is 3.45. The van der Waals surface area contributed by atoms with Gasteiger partial charge in [0, 0.05) is 18.3 Å². The number of unbranched alkanes of at least 4 members (excludes halogenated alkanes) is 2. The van der Waals surface area contributed by atoms with Gasteiger partial charge in [-0.05, 0) is 13.0 Å². The zero-order valence-electron chi connectivity index (χ0n) is 10.1. The van der Waals surface area contributed by atoms with E-state index in [1.54, 1.807) is 5.38 Å². The minimum absolute atomic E-state index is 0. The average molecular weight is 278 g/mol. The smallest absolute Gasteiger partial charge is 0.270 e. The third-order valence-electron chi connectivity index (χ3n) is 2.21. The zero-order valence-corrected chi connectivity index (χ0v) is 11.7. The van der Waals surface area contributed by atoms with E-state index in [0.29, 0.717) is 12.2 Å². The summed E-state index contributed by atoms with van der Waals surface area (Å²) in [4.78, 5) is 15.9. The summed E-state index contributed by atoms with van der Waals surface area (Å²) in [6.07, 6.45) is 4.08. The number of thiazole rings is 1. The SMILES string of the molecule is CCCCCNC(=O)c1csc(CCN)n1.Cl. The van der Waals surface area contributed by atoms with E-state index in [1.165, 1.54) is 11.3 Å². The van der Waals surface area contributed by atoms with Crippen LogP contribution >= 0.6 is 23.7 Å². The van der Waals surface area contributed by atoms with Gasteiger partial charge in [-0.2, -0.15) is 0 Å². The molecule has 0 spiro atoms. The van der Waals surface area contributed by atoms with Crippen molar-refractivity contribution in [3.05, 3.63) is 16.1 Å². The maximum atomic E-state index is 11.6. The van der Waals surface area contributed by atoms with Gasteiger partial charge >= 0.3 is 0 Å². The number of nitrogens with zero attached hydrogens (tertiary/aromatic N) is 1. The number of nitrogens with one attached hydrogen (secondary N) is 1. The fourth-order valence-corrected chi connectivity index (χ4v) is 2.12. The lowest BCUT2D eigenvalue weighted by atomic mass is 10.2. The number of rotatable bonds is 7. The highest BCUT2D eigenvalue weighted by atomic mass is 35.5. The van der Waals surface area contributed by atoms with Gasteiger partial charge in [0.15, 0.2) is 0 Å². The van der Waals surface area contributed by atoms with Crippen LogP contribution < -0.4 is 11.1 Å². The van der Waals surface area contributed by atoms with Gasteiger partial charge in [-0.1, -0.05) is 19.8 Å². The first kappa shape index (κ1) is 16.4. The Balaban J connectivity index is 0.00000256. The summed E-state index contributed by atoms with van der Waals surface area (Å²) in [5.74, 6) is -0.0735. The van der Waals surface area contributed by atoms with E-state index in [9.17, 15) is 4.79 Å². The van der Waals surface area contributed by atoms with Crippen molar-refractivity contribution in [2.24, 2.45) is 5.73 Å². The first-order chi connectivity index (χ1) is 7.77. The predicted molar refractivity (Wildman–Crippen MR) is 74.0 cm³/mol. The molecule has 1 aromatic rings. The minimum atomic E-state index is -0.0735. The second kappa shape index (κ2) is 9.39. The summed E-state index contributed by atoms with van der Waals surface area (Å²) in [5.41, 5.74) is 5.94. The van der Waals surface area contributed by atoms with Gasteiger partial charge in [-0.3, -0.25) is 4.79 Å². The lowest BCUT2D eigenvalue weighted by Crippen LogP contribution is -2.24. The molecular weight excluding hydrogens is 258 g/mol. The van der Waals surface area contributed by atoms with E-state index in [0.717, 1.165) is 37.2 Å². The van der Waals surface area contributed by atoms with Crippen molar-refractivity contribution in [1.82, 2.24) is 10.3 Å². The molecule has 0 fully saturated rings. The number of carbonyl (C=O) groups is 1. The lowest BCUT2D eigenvalue weighted by Gasteiger charge is -2.01. The van der Waals surface area contributed by atoms with Crippen molar-refractivity contribution in [1.29, 1.82) is 0 Å². The molecule has 1 aromatic heterocycles. The summed E-state index contributed by atoms with van der Waals surface area (Å²) in [5, 5.41) is 5.59. The third kappa shape index (κ3) is 6.00. The molecule has 98 valence electrons. The van der Waals surface area contributed by atoms with E-state index < -0.39 is 0 Å². The fraction of sp³-hybridized carbons (Fsp3) is 0.636. The Bertz CT molecular complexity index is 330. The average Bonchev–Trinajstić information content (AvgIpc) is 2.73. The molecule has 0 atom stereocenters. The molecule has 0 aliphatic rings. The first-order valence-electron chi connectivity index (χ1n) is 5.70. The van der Waals surface area contributed by atoms with Crippen LogP contribution in [-0.4, -0.2) is 24.0 Å². The van der Waals surface area contributed by atoms with Crippen molar-refractivity contribution in [3.63, 3.8) is 0 Å². The number of amides is 1.